The molecule has 2 aliphatic rings. The lowest BCUT2D eigenvalue weighted by atomic mass is 9.62. The van der Waals surface area contributed by atoms with Crippen LogP contribution in [0.3, 0.4) is 0 Å². The van der Waals surface area contributed by atoms with E-state index < -0.39 is 46.9 Å². The minimum absolute atomic E-state index is 0.0785. The van der Waals surface area contributed by atoms with E-state index in [2.05, 4.69) is 16.0 Å². The number of nitrogens with zero attached hydrogens (tertiary/aromatic N) is 1. The molecule has 10 heteroatoms. The third-order valence-electron chi connectivity index (χ3n) is 7.58. The first kappa shape index (κ1) is 28.0. The van der Waals surface area contributed by atoms with Crippen molar-refractivity contribution in [3.63, 3.8) is 0 Å². The van der Waals surface area contributed by atoms with Gasteiger partial charge in [0.05, 0.1) is 28.4 Å². The summed E-state index contributed by atoms with van der Waals surface area (Å²) < 4.78 is 30.6. The second-order valence-corrected chi connectivity index (χ2v) is 12.2. The fourth-order valence-electron chi connectivity index (χ4n) is 6.05. The molecule has 0 aliphatic carbocycles. The van der Waals surface area contributed by atoms with Gasteiger partial charge in [-0.15, -0.1) is 0 Å². The van der Waals surface area contributed by atoms with Crippen molar-refractivity contribution in [1.82, 2.24) is 5.32 Å². The number of nitrogens with one attached hydrogen (secondary N) is 3. The summed E-state index contributed by atoms with van der Waals surface area (Å²) in [4.78, 5) is 28.0. The highest BCUT2D eigenvalue weighted by atomic mass is 35.5. The number of hydrogen-bond acceptors (Lipinski definition) is 4. The van der Waals surface area contributed by atoms with Gasteiger partial charge < -0.3 is 16.0 Å². The van der Waals surface area contributed by atoms with Crippen LogP contribution in [0.2, 0.25) is 10.0 Å². The first-order valence-electron chi connectivity index (χ1n) is 12.7. The van der Waals surface area contributed by atoms with Crippen molar-refractivity contribution in [2.24, 2.45) is 5.41 Å². The van der Waals surface area contributed by atoms with Crippen molar-refractivity contribution in [1.29, 1.82) is 5.26 Å². The lowest BCUT2D eigenvalue weighted by Gasteiger charge is -2.37. The Morgan fingerprint density at radius 1 is 1.12 bits per heavy atom. The van der Waals surface area contributed by atoms with Crippen LogP contribution in [-0.4, -0.2) is 23.9 Å². The lowest BCUT2D eigenvalue weighted by Crippen LogP contribution is -2.49. The van der Waals surface area contributed by atoms with Crippen molar-refractivity contribution >= 4 is 46.4 Å². The van der Waals surface area contributed by atoms with E-state index in [1.807, 2.05) is 26.8 Å². The number of carbonyl (C=O) groups excluding carboxylic acids is 2. The van der Waals surface area contributed by atoms with Gasteiger partial charge in [-0.3, -0.25) is 9.59 Å². The lowest BCUT2D eigenvalue weighted by molar-refractivity contribution is -0.122. The average Bonchev–Trinajstić information content (AvgIpc) is 3.35. The monoisotopic (exact) mass is 582 g/mol. The molecule has 0 aromatic heterocycles. The van der Waals surface area contributed by atoms with Crippen LogP contribution in [0, 0.1) is 28.4 Å². The van der Waals surface area contributed by atoms with Gasteiger partial charge in [0.1, 0.15) is 17.0 Å². The maximum absolute atomic E-state index is 15.8. The Bertz CT molecular complexity index is 1580. The predicted molar refractivity (Wildman–Crippen MR) is 150 cm³/mol. The number of amides is 2. The Balaban J connectivity index is 1.72. The molecule has 206 valence electrons. The third-order valence-corrected chi connectivity index (χ3v) is 8.10. The van der Waals surface area contributed by atoms with E-state index in [4.69, 9.17) is 28.5 Å². The molecule has 3 N–H and O–H groups in total. The summed E-state index contributed by atoms with van der Waals surface area (Å²) in [6, 6.07) is 13.2. The summed E-state index contributed by atoms with van der Waals surface area (Å²) in [6.07, 6.45) is 0.441. The average molecular weight is 583 g/mol. The molecule has 0 bridgehead atoms. The molecule has 1 unspecified atom stereocenters. The van der Waals surface area contributed by atoms with Crippen LogP contribution < -0.4 is 16.0 Å². The van der Waals surface area contributed by atoms with Crippen LogP contribution in [0.4, 0.5) is 20.2 Å². The summed E-state index contributed by atoms with van der Waals surface area (Å²) in [7, 11) is 0. The number of fused-ring (bicyclic) bond motifs is 2. The van der Waals surface area contributed by atoms with E-state index in [-0.39, 0.29) is 27.3 Å². The Hall–Kier alpha value is -3.51. The molecular formula is C30H26Cl2F2N4O2. The molecule has 5 rings (SSSR count). The van der Waals surface area contributed by atoms with Gasteiger partial charge in [-0.2, -0.15) is 5.26 Å². The number of halogens is 4. The van der Waals surface area contributed by atoms with Crippen LogP contribution >= 0.6 is 23.2 Å². The second-order valence-electron chi connectivity index (χ2n) is 11.4. The van der Waals surface area contributed by atoms with Crippen LogP contribution in [0.15, 0.2) is 54.6 Å². The SMILES string of the molecule is CC(C)(C)C[C@@H]1N[C@@H](C(=O)Nc2ccc(C#N)cc2F)[C@@H](c2cccc(Cl)c2F)C12C(=O)Nc1cc(Cl)ccc12. The van der Waals surface area contributed by atoms with Gasteiger partial charge in [0, 0.05) is 22.7 Å². The molecule has 0 radical (unpaired) electrons. The molecule has 1 spiro atoms. The zero-order valence-corrected chi connectivity index (χ0v) is 23.4. The van der Waals surface area contributed by atoms with Crippen LogP contribution in [-0.2, 0) is 15.0 Å². The molecule has 1 saturated heterocycles. The standard InChI is InChI=1S/C30H26Cl2F2N4O2/c1-29(2,3)13-23-30(18-9-8-16(31)12-22(18)37-28(30)40)24(17-5-4-6-19(32)25(17)34)26(38-23)27(39)36-21-10-7-15(14-35)11-20(21)33/h4-12,23-24,26,38H,13H2,1-3H3,(H,36,39)(H,37,40)/t23-,24+,26+,30?/m0/s1. The van der Waals surface area contributed by atoms with E-state index >= 15 is 4.39 Å². The largest absolute Gasteiger partial charge is 0.325 e. The van der Waals surface area contributed by atoms with Gasteiger partial charge in [0.15, 0.2) is 0 Å². The highest BCUT2D eigenvalue weighted by molar-refractivity contribution is 6.31. The molecule has 40 heavy (non-hydrogen) atoms. The molecular weight excluding hydrogens is 557 g/mol. The molecule has 3 aromatic carbocycles. The molecule has 3 aromatic rings. The molecule has 0 saturated carbocycles. The summed E-state index contributed by atoms with van der Waals surface area (Å²) >= 11 is 12.5. The van der Waals surface area contributed by atoms with E-state index in [9.17, 15) is 14.0 Å². The number of anilines is 2. The molecule has 6 nitrogen and oxygen atoms in total. The summed E-state index contributed by atoms with van der Waals surface area (Å²) in [5.41, 5.74) is -0.651. The number of benzene rings is 3. The molecule has 1 fully saturated rings. The minimum atomic E-state index is -1.43. The Morgan fingerprint density at radius 3 is 2.55 bits per heavy atom. The Morgan fingerprint density at radius 2 is 1.88 bits per heavy atom. The molecule has 2 aliphatic heterocycles. The molecule has 4 atom stereocenters. The number of hydrogen-bond donors (Lipinski definition) is 3. The van der Waals surface area contributed by atoms with Gasteiger partial charge in [-0.1, -0.05) is 62.2 Å². The zero-order valence-electron chi connectivity index (χ0n) is 21.9. The summed E-state index contributed by atoms with van der Waals surface area (Å²) in [5.74, 6) is -3.68. The van der Waals surface area contributed by atoms with Gasteiger partial charge >= 0.3 is 0 Å². The Labute approximate surface area is 240 Å². The first-order chi connectivity index (χ1) is 18.9. The van der Waals surface area contributed by atoms with E-state index in [0.717, 1.165) is 6.07 Å². The first-order valence-corrected chi connectivity index (χ1v) is 13.4. The quantitative estimate of drug-likeness (QED) is 0.326. The van der Waals surface area contributed by atoms with Gasteiger partial charge in [0.25, 0.3) is 0 Å². The predicted octanol–water partition coefficient (Wildman–Crippen LogP) is 6.53. The van der Waals surface area contributed by atoms with Crippen molar-refractivity contribution in [2.75, 3.05) is 10.6 Å². The van der Waals surface area contributed by atoms with E-state index in [1.165, 1.54) is 24.3 Å². The number of rotatable bonds is 4. The highest BCUT2D eigenvalue weighted by Crippen LogP contribution is 2.57. The summed E-state index contributed by atoms with van der Waals surface area (Å²) in [6.45, 7) is 6.02. The fourth-order valence-corrected chi connectivity index (χ4v) is 6.40. The highest BCUT2D eigenvalue weighted by Gasteiger charge is 2.66. The number of nitriles is 1. The maximum Gasteiger partial charge on any atom is 0.242 e. The van der Waals surface area contributed by atoms with Crippen molar-refractivity contribution in [2.45, 2.75) is 50.6 Å². The third kappa shape index (κ3) is 4.62. The van der Waals surface area contributed by atoms with Crippen LogP contribution in [0.5, 0.6) is 0 Å². The minimum Gasteiger partial charge on any atom is -0.325 e. The van der Waals surface area contributed by atoms with E-state index in [1.54, 1.807) is 24.3 Å². The molecule has 2 heterocycles. The zero-order chi connectivity index (χ0) is 29.0. The maximum atomic E-state index is 15.8. The second kappa shape index (κ2) is 10.2. The topological polar surface area (TPSA) is 94.0 Å². The molecule has 2 amide bonds. The number of carbonyl (C=O) groups is 2. The van der Waals surface area contributed by atoms with Crippen molar-refractivity contribution in [3.05, 3.63) is 93.0 Å². The Kier molecular flexibility index (Phi) is 7.11. The summed E-state index contributed by atoms with van der Waals surface area (Å²) in [5, 5.41) is 18.2. The van der Waals surface area contributed by atoms with Gasteiger partial charge in [-0.25, -0.2) is 8.78 Å². The van der Waals surface area contributed by atoms with Crippen LogP contribution in [0.1, 0.15) is 49.8 Å². The van der Waals surface area contributed by atoms with Crippen molar-refractivity contribution in [3.8, 4) is 6.07 Å². The van der Waals surface area contributed by atoms with Crippen molar-refractivity contribution < 1.29 is 18.4 Å². The normalized spacial score (nSPS) is 23.6. The van der Waals surface area contributed by atoms with Crippen LogP contribution in [0.25, 0.3) is 0 Å². The van der Waals surface area contributed by atoms with Gasteiger partial charge in [0.2, 0.25) is 11.8 Å². The van der Waals surface area contributed by atoms with E-state index in [0.29, 0.717) is 22.7 Å². The van der Waals surface area contributed by atoms with Gasteiger partial charge in [-0.05, 0) is 59.4 Å². The fraction of sp³-hybridized carbons (Fsp3) is 0.300. The smallest absolute Gasteiger partial charge is 0.242 e.